The Labute approximate surface area is 120 Å². The van der Waals surface area contributed by atoms with E-state index in [9.17, 15) is 4.79 Å². The van der Waals surface area contributed by atoms with Gasteiger partial charge in [-0.3, -0.25) is 4.79 Å². The van der Waals surface area contributed by atoms with Gasteiger partial charge in [0.15, 0.2) is 5.78 Å². The van der Waals surface area contributed by atoms with E-state index in [4.69, 9.17) is 14.2 Å². The lowest BCUT2D eigenvalue weighted by molar-refractivity contribution is 0.0207. The fourth-order valence-corrected chi connectivity index (χ4v) is 2.73. The van der Waals surface area contributed by atoms with Crippen molar-refractivity contribution in [2.24, 2.45) is 0 Å². The Kier molecular flexibility index (Phi) is 5.01. The van der Waals surface area contributed by atoms with Crippen molar-refractivity contribution < 1.29 is 19.0 Å². The van der Waals surface area contributed by atoms with Gasteiger partial charge in [-0.25, -0.2) is 0 Å². The molecule has 0 saturated heterocycles. The van der Waals surface area contributed by atoms with Crippen LogP contribution in [0.15, 0.2) is 18.2 Å². The maximum absolute atomic E-state index is 11.8. The molecule has 0 N–H and O–H groups in total. The van der Waals surface area contributed by atoms with E-state index < -0.39 is 0 Å². The van der Waals surface area contributed by atoms with Crippen LogP contribution in [0.2, 0.25) is 0 Å². The van der Waals surface area contributed by atoms with Crippen LogP contribution in [-0.2, 0) is 4.74 Å². The second kappa shape index (κ2) is 6.75. The van der Waals surface area contributed by atoms with E-state index >= 15 is 0 Å². The summed E-state index contributed by atoms with van der Waals surface area (Å²) in [4.78, 5) is 11.8. The second-order valence-electron chi connectivity index (χ2n) is 5.15. The normalized spacial score (nSPS) is 22.4. The summed E-state index contributed by atoms with van der Waals surface area (Å²) in [6, 6.07) is 5.45. The van der Waals surface area contributed by atoms with E-state index in [1.807, 2.05) is 12.1 Å². The predicted molar refractivity (Wildman–Crippen MR) is 76.7 cm³/mol. The fraction of sp³-hybridized carbons (Fsp3) is 0.562. The van der Waals surface area contributed by atoms with Gasteiger partial charge in [0, 0.05) is 13.5 Å². The molecular formula is C16H22O4. The zero-order valence-electron chi connectivity index (χ0n) is 12.3. The van der Waals surface area contributed by atoms with Crippen LogP contribution in [0, 0.1) is 0 Å². The van der Waals surface area contributed by atoms with E-state index in [-0.39, 0.29) is 18.0 Å². The largest absolute Gasteiger partial charge is 0.496 e. The molecule has 0 heterocycles. The molecule has 2 atom stereocenters. The molecule has 0 amide bonds. The highest BCUT2D eigenvalue weighted by Gasteiger charge is 2.25. The topological polar surface area (TPSA) is 44.8 Å². The van der Waals surface area contributed by atoms with Gasteiger partial charge in [0.2, 0.25) is 0 Å². The first-order chi connectivity index (χ1) is 9.65. The molecule has 110 valence electrons. The zero-order chi connectivity index (χ0) is 14.5. The predicted octanol–water partition coefficient (Wildman–Crippen LogP) is 3.23. The number of ketones is 1. The molecule has 0 spiro atoms. The van der Waals surface area contributed by atoms with Crippen molar-refractivity contribution in [2.45, 2.75) is 44.8 Å². The van der Waals surface area contributed by atoms with Gasteiger partial charge in [-0.2, -0.15) is 0 Å². The highest BCUT2D eigenvalue weighted by Crippen LogP contribution is 2.32. The fourth-order valence-electron chi connectivity index (χ4n) is 2.73. The highest BCUT2D eigenvalue weighted by atomic mass is 16.5. The average Bonchev–Trinajstić information content (AvgIpc) is 2.46. The van der Waals surface area contributed by atoms with Gasteiger partial charge in [-0.15, -0.1) is 0 Å². The molecule has 0 aliphatic heterocycles. The smallest absolute Gasteiger partial charge is 0.167 e. The lowest BCUT2D eigenvalue weighted by atomic mass is 9.94. The molecule has 4 heteroatoms. The number of hydrogen-bond acceptors (Lipinski definition) is 4. The molecule has 0 bridgehead atoms. The summed E-state index contributed by atoms with van der Waals surface area (Å²) in [6.45, 7) is 1.53. The number of benzene rings is 1. The number of methoxy groups -OCH3 is 2. The summed E-state index contributed by atoms with van der Waals surface area (Å²) >= 11 is 0. The first-order valence-corrected chi connectivity index (χ1v) is 7.03. The summed E-state index contributed by atoms with van der Waals surface area (Å²) in [5, 5.41) is 0. The average molecular weight is 278 g/mol. The minimum Gasteiger partial charge on any atom is -0.496 e. The van der Waals surface area contributed by atoms with Gasteiger partial charge in [-0.1, -0.05) is 6.07 Å². The van der Waals surface area contributed by atoms with Crippen LogP contribution in [0.4, 0.5) is 0 Å². The molecular weight excluding hydrogens is 256 g/mol. The Morgan fingerprint density at radius 3 is 2.50 bits per heavy atom. The molecule has 20 heavy (non-hydrogen) atoms. The van der Waals surface area contributed by atoms with Crippen molar-refractivity contribution >= 4 is 5.78 Å². The first-order valence-electron chi connectivity index (χ1n) is 7.03. The summed E-state index contributed by atoms with van der Waals surface area (Å²) in [5.41, 5.74) is 0.523. The Bertz CT molecular complexity index is 470. The third-order valence-electron chi connectivity index (χ3n) is 3.76. The van der Waals surface area contributed by atoms with Crippen LogP contribution >= 0.6 is 0 Å². The van der Waals surface area contributed by atoms with Crippen LogP contribution in [0.5, 0.6) is 11.5 Å². The van der Waals surface area contributed by atoms with Gasteiger partial charge >= 0.3 is 0 Å². The SMILES string of the molecule is COc1cccc(OC2CCCC(OC)C2)c1C(C)=O. The Morgan fingerprint density at radius 2 is 1.85 bits per heavy atom. The molecule has 1 fully saturated rings. The van der Waals surface area contributed by atoms with Gasteiger partial charge in [0.05, 0.1) is 13.2 Å². The first kappa shape index (κ1) is 14.9. The molecule has 1 aliphatic rings. The number of ether oxygens (including phenoxy) is 3. The van der Waals surface area contributed by atoms with E-state index in [1.165, 1.54) is 6.92 Å². The van der Waals surface area contributed by atoms with Crippen molar-refractivity contribution in [3.8, 4) is 11.5 Å². The van der Waals surface area contributed by atoms with E-state index in [1.54, 1.807) is 20.3 Å². The van der Waals surface area contributed by atoms with Crippen molar-refractivity contribution in [2.75, 3.05) is 14.2 Å². The molecule has 1 aromatic carbocycles. The zero-order valence-corrected chi connectivity index (χ0v) is 12.3. The molecule has 2 rings (SSSR count). The lowest BCUT2D eigenvalue weighted by Crippen LogP contribution is -2.29. The van der Waals surface area contributed by atoms with Gasteiger partial charge in [0.25, 0.3) is 0 Å². The number of carbonyl (C=O) groups is 1. The molecule has 2 unspecified atom stereocenters. The molecule has 1 saturated carbocycles. The summed E-state index contributed by atoms with van der Waals surface area (Å²) < 4.78 is 16.7. The van der Waals surface area contributed by atoms with Crippen LogP contribution in [-0.4, -0.2) is 32.2 Å². The Morgan fingerprint density at radius 1 is 1.15 bits per heavy atom. The van der Waals surface area contributed by atoms with Crippen molar-refractivity contribution in [3.63, 3.8) is 0 Å². The molecule has 4 nitrogen and oxygen atoms in total. The number of Topliss-reactive ketones (excluding diaryl/α,β-unsaturated/α-hetero) is 1. The molecule has 1 aliphatic carbocycles. The summed E-state index contributed by atoms with van der Waals surface area (Å²) in [6.07, 6.45) is 4.37. The molecule has 1 aromatic rings. The minimum atomic E-state index is -0.0449. The van der Waals surface area contributed by atoms with Crippen molar-refractivity contribution in [1.82, 2.24) is 0 Å². The quantitative estimate of drug-likeness (QED) is 0.776. The number of hydrogen-bond donors (Lipinski definition) is 0. The van der Waals surface area contributed by atoms with Crippen molar-refractivity contribution in [3.05, 3.63) is 23.8 Å². The monoisotopic (exact) mass is 278 g/mol. The second-order valence-corrected chi connectivity index (χ2v) is 5.15. The van der Waals surface area contributed by atoms with Crippen LogP contribution in [0.1, 0.15) is 43.0 Å². The molecule has 0 radical (unpaired) electrons. The number of rotatable bonds is 5. The lowest BCUT2D eigenvalue weighted by Gasteiger charge is -2.29. The highest BCUT2D eigenvalue weighted by molar-refractivity contribution is 5.99. The molecule has 0 aromatic heterocycles. The van der Waals surface area contributed by atoms with E-state index in [0.717, 1.165) is 25.7 Å². The van der Waals surface area contributed by atoms with Gasteiger partial charge in [-0.05, 0) is 38.3 Å². The van der Waals surface area contributed by atoms with Gasteiger partial charge < -0.3 is 14.2 Å². The summed E-state index contributed by atoms with van der Waals surface area (Å²) in [5.74, 6) is 1.13. The number of carbonyl (C=O) groups excluding carboxylic acids is 1. The third-order valence-corrected chi connectivity index (χ3v) is 3.76. The maximum Gasteiger partial charge on any atom is 0.167 e. The Balaban J connectivity index is 2.18. The van der Waals surface area contributed by atoms with E-state index in [2.05, 4.69) is 0 Å². The summed E-state index contributed by atoms with van der Waals surface area (Å²) in [7, 11) is 3.30. The van der Waals surface area contributed by atoms with Gasteiger partial charge in [0.1, 0.15) is 23.2 Å². The third kappa shape index (κ3) is 3.31. The van der Waals surface area contributed by atoms with Crippen molar-refractivity contribution in [1.29, 1.82) is 0 Å². The van der Waals surface area contributed by atoms with E-state index in [0.29, 0.717) is 17.1 Å². The van der Waals surface area contributed by atoms with Crippen LogP contribution < -0.4 is 9.47 Å². The standard InChI is InChI=1S/C16H22O4/c1-11(17)16-14(19-3)8-5-9-15(16)20-13-7-4-6-12(10-13)18-2/h5,8-9,12-13H,4,6-7,10H2,1-3H3. The minimum absolute atomic E-state index is 0.0449. The Hall–Kier alpha value is -1.55. The maximum atomic E-state index is 11.8. The van der Waals surface area contributed by atoms with Crippen LogP contribution in [0.3, 0.4) is 0 Å². The van der Waals surface area contributed by atoms with Crippen LogP contribution in [0.25, 0.3) is 0 Å².